The molecule has 0 unspecified atom stereocenters. The van der Waals surface area contributed by atoms with Crippen molar-refractivity contribution < 1.29 is 0 Å². The van der Waals surface area contributed by atoms with Crippen molar-refractivity contribution in [3.8, 4) is 0 Å². The van der Waals surface area contributed by atoms with E-state index in [1.165, 1.54) is 16.8 Å². The molecule has 20 heavy (non-hydrogen) atoms. The molecule has 0 aliphatic carbocycles. The average molecular weight is 336 g/mol. The first kappa shape index (κ1) is 15.1. The van der Waals surface area contributed by atoms with Crippen LogP contribution in [0.5, 0.6) is 0 Å². The summed E-state index contributed by atoms with van der Waals surface area (Å²) in [7, 11) is 0. The third kappa shape index (κ3) is 3.06. The molecule has 4 heteroatoms. The molecule has 2 aromatic rings. The molecule has 1 heterocycles. The molecule has 2 rings (SSSR count). The molecule has 0 spiro atoms. The molecular weight excluding hydrogens is 314 g/mol. The molecule has 1 aromatic heterocycles. The van der Waals surface area contributed by atoms with Crippen LogP contribution in [0.4, 0.5) is 5.69 Å². The van der Waals surface area contributed by atoms with Gasteiger partial charge in [-0.3, -0.25) is 4.68 Å². The lowest BCUT2D eigenvalue weighted by molar-refractivity contribution is 0.516. The van der Waals surface area contributed by atoms with Crippen molar-refractivity contribution in [1.29, 1.82) is 0 Å². The molecule has 0 radical (unpaired) electrons. The molecule has 1 aromatic carbocycles. The summed E-state index contributed by atoms with van der Waals surface area (Å²) in [5, 5.41) is 8.12. The van der Waals surface area contributed by atoms with Crippen molar-refractivity contribution in [3.63, 3.8) is 0 Å². The summed E-state index contributed by atoms with van der Waals surface area (Å²) in [5.74, 6) is 0. The predicted molar refractivity (Wildman–Crippen MR) is 88.3 cm³/mol. The van der Waals surface area contributed by atoms with Crippen LogP contribution in [0.25, 0.3) is 0 Å². The zero-order chi connectivity index (χ0) is 14.9. The Morgan fingerprint density at radius 2 is 1.95 bits per heavy atom. The first-order valence-electron chi connectivity index (χ1n) is 6.94. The highest BCUT2D eigenvalue weighted by molar-refractivity contribution is 9.10. The minimum atomic E-state index is 0.385. The zero-order valence-corrected chi connectivity index (χ0v) is 14.4. The highest BCUT2D eigenvalue weighted by Gasteiger charge is 2.13. The molecule has 108 valence electrons. The quantitative estimate of drug-likeness (QED) is 0.872. The third-order valence-corrected chi connectivity index (χ3v) is 4.22. The third-order valence-electron chi connectivity index (χ3n) is 3.48. The predicted octanol–water partition coefficient (Wildman–Crippen LogP) is 4.76. The fraction of sp³-hybridized carbons (Fsp3) is 0.438. The molecule has 0 bridgehead atoms. The number of anilines is 1. The first-order valence-corrected chi connectivity index (χ1v) is 7.74. The zero-order valence-electron chi connectivity index (χ0n) is 12.8. The van der Waals surface area contributed by atoms with Gasteiger partial charge in [0, 0.05) is 17.1 Å². The van der Waals surface area contributed by atoms with Gasteiger partial charge in [-0.25, -0.2) is 0 Å². The van der Waals surface area contributed by atoms with Gasteiger partial charge in [0.1, 0.15) is 0 Å². The van der Waals surface area contributed by atoms with E-state index in [4.69, 9.17) is 0 Å². The van der Waals surface area contributed by atoms with Crippen LogP contribution in [0.3, 0.4) is 0 Å². The molecule has 3 nitrogen and oxygen atoms in total. The van der Waals surface area contributed by atoms with E-state index < -0.39 is 0 Å². The minimum absolute atomic E-state index is 0.385. The van der Waals surface area contributed by atoms with Gasteiger partial charge in [-0.2, -0.15) is 5.10 Å². The number of aryl methyl sites for hydroxylation is 2. The lowest BCUT2D eigenvalue weighted by atomic mass is 10.1. The van der Waals surface area contributed by atoms with E-state index in [-0.39, 0.29) is 0 Å². The van der Waals surface area contributed by atoms with Crippen LogP contribution in [-0.2, 0) is 6.54 Å². The van der Waals surface area contributed by atoms with Gasteiger partial charge in [0.25, 0.3) is 0 Å². The van der Waals surface area contributed by atoms with E-state index >= 15 is 0 Å². The Morgan fingerprint density at radius 1 is 1.25 bits per heavy atom. The van der Waals surface area contributed by atoms with E-state index in [1.54, 1.807) is 0 Å². The Bertz CT molecular complexity index is 614. The molecule has 0 saturated carbocycles. The SMILES string of the molecule is Cc1ccc(CNc2c(C)nn(C(C)C)c2C)c(Br)c1. The second-order valence-electron chi connectivity index (χ2n) is 5.53. The van der Waals surface area contributed by atoms with Crippen LogP contribution in [0, 0.1) is 20.8 Å². The largest absolute Gasteiger partial charge is 0.378 e. The Balaban J connectivity index is 2.19. The number of nitrogens with zero attached hydrogens (tertiary/aromatic N) is 2. The van der Waals surface area contributed by atoms with Crippen LogP contribution in [0.15, 0.2) is 22.7 Å². The van der Waals surface area contributed by atoms with Gasteiger partial charge >= 0.3 is 0 Å². The van der Waals surface area contributed by atoms with Crippen molar-refractivity contribution in [2.75, 3.05) is 5.32 Å². The number of hydrogen-bond donors (Lipinski definition) is 1. The number of aromatic nitrogens is 2. The maximum Gasteiger partial charge on any atom is 0.0828 e. The number of benzene rings is 1. The second kappa shape index (κ2) is 6.00. The molecule has 0 aliphatic heterocycles. The summed E-state index contributed by atoms with van der Waals surface area (Å²) in [5.41, 5.74) is 5.92. The summed E-state index contributed by atoms with van der Waals surface area (Å²) in [6.45, 7) is 11.4. The van der Waals surface area contributed by atoms with E-state index in [2.05, 4.69) is 83.8 Å². The van der Waals surface area contributed by atoms with E-state index in [0.717, 1.165) is 22.4 Å². The van der Waals surface area contributed by atoms with Crippen molar-refractivity contribution in [2.24, 2.45) is 0 Å². The van der Waals surface area contributed by atoms with E-state index in [9.17, 15) is 0 Å². The van der Waals surface area contributed by atoms with Crippen molar-refractivity contribution in [1.82, 2.24) is 9.78 Å². The van der Waals surface area contributed by atoms with E-state index in [0.29, 0.717) is 6.04 Å². The molecule has 0 saturated heterocycles. The van der Waals surface area contributed by atoms with E-state index in [1.807, 2.05) is 0 Å². The molecule has 0 aliphatic rings. The summed E-state index contributed by atoms with van der Waals surface area (Å²) < 4.78 is 3.22. The monoisotopic (exact) mass is 335 g/mol. The smallest absolute Gasteiger partial charge is 0.0828 e. The van der Waals surface area contributed by atoms with Crippen LogP contribution >= 0.6 is 15.9 Å². The lowest BCUT2D eigenvalue weighted by Crippen LogP contribution is -2.06. The Kier molecular flexibility index (Phi) is 4.53. The molecular formula is C16H22BrN3. The maximum atomic E-state index is 4.60. The molecule has 0 fully saturated rings. The standard InChI is InChI=1S/C16H22BrN3/c1-10(2)20-13(5)16(12(4)19-20)18-9-14-7-6-11(3)8-15(14)17/h6-8,10,18H,9H2,1-5H3. The van der Waals surface area contributed by atoms with Gasteiger partial charge in [0.05, 0.1) is 17.1 Å². The summed E-state index contributed by atoms with van der Waals surface area (Å²) >= 11 is 3.63. The van der Waals surface area contributed by atoms with Crippen LogP contribution in [0.2, 0.25) is 0 Å². The van der Waals surface area contributed by atoms with Crippen molar-refractivity contribution in [2.45, 2.75) is 47.2 Å². The maximum absolute atomic E-state index is 4.60. The van der Waals surface area contributed by atoms with Crippen LogP contribution < -0.4 is 5.32 Å². The lowest BCUT2D eigenvalue weighted by Gasteiger charge is -2.11. The van der Waals surface area contributed by atoms with Crippen LogP contribution in [-0.4, -0.2) is 9.78 Å². The second-order valence-corrected chi connectivity index (χ2v) is 6.39. The van der Waals surface area contributed by atoms with Crippen molar-refractivity contribution in [3.05, 3.63) is 45.2 Å². The highest BCUT2D eigenvalue weighted by atomic mass is 79.9. The topological polar surface area (TPSA) is 29.9 Å². The van der Waals surface area contributed by atoms with Crippen molar-refractivity contribution >= 4 is 21.6 Å². The average Bonchev–Trinajstić information content (AvgIpc) is 2.65. The number of nitrogens with one attached hydrogen (secondary N) is 1. The summed E-state index contributed by atoms with van der Waals surface area (Å²) in [6, 6.07) is 6.83. The Labute approximate surface area is 129 Å². The van der Waals surface area contributed by atoms with Crippen LogP contribution in [0.1, 0.15) is 42.4 Å². The Hall–Kier alpha value is -1.29. The summed E-state index contributed by atoms with van der Waals surface area (Å²) in [4.78, 5) is 0. The van der Waals surface area contributed by atoms with Gasteiger partial charge < -0.3 is 5.32 Å². The normalized spacial score (nSPS) is 11.2. The van der Waals surface area contributed by atoms with Gasteiger partial charge in [0.15, 0.2) is 0 Å². The first-order chi connectivity index (χ1) is 9.40. The van der Waals surface area contributed by atoms with Gasteiger partial charge in [0.2, 0.25) is 0 Å². The van der Waals surface area contributed by atoms with Gasteiger partial charge in [-0.05, 0) is 51.8 Å². The fourth-order valence-electron chi connectivity index (χ4n) is 2.40. The minimum Gasteiger partial charge on any atom is -0.378 e. The molecule has 0 amide bonds. The number of halogens is 1. The summed E-state index contributed by atoms with van der Waals surface area (Å²) in [6.07, 6.45) is 0. The number of rotatable bonds is 4. The fourth-order valence-corrected chi connectivity index (χ4v) is 3.03. The van der Waals surface area contributed by atoms with Gasteiger partial charge in [-0.1, -0.05) is 28.1 Å². The molecule has 1 N–H and O–H groups in total. The molecule has 0 atom stereocenters. The van der Waals surface area contributed by atoms with Gasteiger partial charge in [-0.15, -0.1) is 0 Å². The Morgan fingerprint density at radius 3 is 2.50 bits per heavy atom. The highest BCUT2D eigenvalue weighted by Crippen LogP contribution is 2.25. The number of hydrogen-bond acceptors (Lipinski definition) is 2.